The van der Waals surface area contributed by atoms with Gasteiger partial charge in [-0.05, 0) is 80.1 Å². The van der Waals surface area contributed by atoms with Gasteiger partial charge in [-0.2, -0.15) is 0 Å². The molecule has 5 aliphatic carbocycles. The molecule has 5 aliphatic rings. The number of rotatable bonds is 4. The van der Waals surface area contributed by atoms with Crippen molar-refractivity contribution in [2.75, 3.05) is 6.54 Å². The summed E-state index contributed by atoms with van der Waals surface area (Å²) in [6, 6.07) is 11.1. The summed E-state index contributed by atoms with van der Waals surface area (Å²) in [5.74, 6) is 2.70. The van der Waals surface area contributed by atoms with Gasteiger partial charge in [-0.15, -0.1) is 0 Å². The van der Waals surface area contributed by atoms with E-state index < -0.39 is 0 Å². The molecule has 6 rings (SSSR count). The Balaban J connectivity index is 1.46. The van der Waals surface area contributed by atoms with Gasteiger partial charge in [0.25, 0.3) is 0 Å². The van der Waals surface area contributed by atoms with Gasteiger partial charge in [-0.25, -0.2) is 0 Å². The number of benzene rings is 1. The number of nitrogens with one attached hydrogen (secondary N) is 1. The maximum absolute atomic E-state index is 13.1. The van der Waals surface area contributed by atoms with Gasteiger partial charge in [0.05, 0.1) is 5.41 Å². The summed E-state index contributed by atoms with van der Waals surface area (Å²) < 4.78 is 0. The predicted octanol–water partition coefficient (Wildman–Crippen LogP) is 4.05. The third-order valence-corrected chi connectivity index (χ3v) is 7.18. The van der Waals surface area contributed by atoms with Crippen LogP contribution in [0.15, 0.2) is 30.3 Å². The molecule has 1 aromatic carbocycles. The molecule has 1 amide bonds. The number of carbonyl (C=O) groups is 1. The smallest absolute Gasteiger partial charge is 0.226 e. The van der Waals surface area contributed by atoms with E-state index in [2.05, 4.69) is 35.6 Å². The lowest BCUT2D eigenvalue weighted by atomic mass is 9.42. The Labute approximate surface area is 139 Å². The zero-order chi connectivity index (χ0) is 15.5. The first-order valence-electron chi connectivity index (χ1n) is 9.51. The molecule has 2 nitrogen and oxygen atoms in total. The molecule has 0 spiro atoms. The quantitative estimate of drug-likeness (QED) is 0.893. The van der Waals surface area contributed by atoms with Gasteiger partial charge in [0, 0.05) is 6.54 Å². The van der Waals surface area contributed by atoms with Crippen molar-refractivity contribution in [2.45, 2.75) is 56.8 Å². The first-order valence-corrected chi connectivity index (χ1v) is 9.51. The minimum Gasteiger partial charge on any atom is -0.355 e. The van der Waals surface area contributed by atoms with Crippen LogP contribution in [-0.4, -0.2) is 12.5 Å². The van der Waals surface area contributed by atoms with Crippen LogP contribution < -0.4 is 5.32 Å². The van der Waals surface area contributed by atoms with E-state index >= 15 is 0 Å². The molecule has 23 heavy (non-hydrogen) atoms. The Hall–Kier alpha value is -1.31. The van der Waals surface area contributed by atoms with Crippen molar-refractivity contribution in [3.63, 3.8) is 0 Å². The minimum absolute atomic E-state index is 0.0607. The minimum atomic E-state index is -0.0607. The Bertz CT molecular complexity index is 604. The topological polar surface area (TPSA) is 29.1 Å². The van der Waals surface area contributed by atoms with Crippen molar-refractivity contribution in [1.29, 1.82) is 0 Å². The maximum atomic E-state index is 13.1. The number of amides is 1. The second-order valence-electron chi connectivity index (χ2n) is 9.04. The van der Waals surface area contributed by atoms with Crippen LogP contribution in [0, 0.1) is 23.2 Å². The highest BCUT2D eigenvalue weighted by atomic mass is 16.2. The molecular formula is C21H27NO. The van der Waals surface area contributed by atoms with Gasteiger partial charge in [0.15, 0.2) is 0 Å². The van der Waals surface area contributed by atoms with Crippen LogP contribution in [0.5, 0.6) is 0 Å². The zero-order valence-corrected chi connectivity index (χ0v) is 13.9. The van der Waals surface area contributed by atoms with Gasteiger partial charge in [0.2, 0.25) is 5.91 Å². The van der Waals surface area contributed by atoms with Crippen molar-refractivity contribution in [3.8, 4) is 0 Å². The van der Waals surface area contributed by atoms with E-state index in [-0.39, 0.29) is 10.8 Å². The third-order valence-electron chi connectivity index (χ3n) is 7.18. The fourth-order valence-corrected chi connectivity index (χ4v) is 6.40. The van der Waals surface area contributed by atoms with Crippen molar-refractivity contribution < 1.29 is 4.79 Å². The Morgan fingerprint density at radius 1 is 1.04 bits per heavy atom. The summed E-state index contributed by atoms with van der Waals surface area (Å²) in [6.07, 6.45) is 10.00. The predicted molar refractivity (Wildman–Crippen MR) is 91.0 cm³/mol. The maximum Gasteiger partial charge on any atom is 0.226 e. The van der Waals surface area contributed by atoms with Crippen molar-refractivity contribution in [1.82, 2.24) is 5.32 Å². The van der Waals surface area contributed by atoms with Crippen LogP contribution in [0.2, 0.25) is 0 Å². The molecule has 0 saturated heterocycles. The van der Waals surface area contributed by atoms with E-state index in [1.165, 1.54) is 37.7 Å². The molecule has 0 aliphatic heterocycles. The molecule has 1 aromatic rings. The standard InChI is InChI=1S/C21H27NO/c23-19(22-13-15-6-7-15)21-11-16-8-17(12-21)10-20(9-16,14-21)18-4-2-1-3-5-18/h1-5,15-17H,6-14H2,(H,22,23)/t16-,17+,20?,21?. The van der Waals surface area contributed by atoms with E-state index in [1.54, 1.807) is 0 Å². The normalized spacial score (nSPS) is 41.0. The highest BCUT2D eigenvalue weighted by molar-refractivity contribution is 5.83. The van der Waals surface area contributed by atoms with E-state index in [4.69, 9.17) is 0 Å². The number of carbonyl (C=O) groups excluding carboxylic acids is 1. The molecule has 0 radical (unpaired) electrons. The highest BCUT2D eigenvalue weighted by Gasteiger charge is 2.60. The molecule has 5 fully saturated rings. The third kappa shape index (κ3) is 2.25. The summed E-state index contributed by atoms with van der Waals surface area (Å²) in [5.41, 5.74) is 1.71. The van der Waals surface area contributed by atoms with Crippen LogP contribution in [0.4, 0.5) is 0 Å². The van der Waals surface area contributed by atoms with Crippen LogP contribution in [0.25, 0.3) is 0 Å². The summed E-state index contributed by atoms with van der Waals surface area (Å²) in [5, 5.41) is 3.33. The lowest BCUT2D eigenvalue weighted by molar-refractivity contribution is -0.149. The Morgan fingerprint density at radius 2 is 1.74 bits per heavy atom. The van der Waals surface area contributed by atoms with E-state index in [9.17, 15) is 4.79 Å². The van der Waals surface area contributed by atoms with Crippen molar-refractivity contribution in [3.05, 3.63) is 35.9 Å². The SMILES string of the molecule is O=C(NCC1CC1)C12C[C@H]3C[C@@H](C1)CC(c1ccccc1)(C3)C2. The molecule has 0 heterocycles. The summed E-state index contributed by atoms with van der Waals surface area (Å²) >= 11 is 0. The summed E-state index contributed by atoms with van der Waals surface area (Å²) in [7, 11) is 0. The molecule has 0 aromatic heterocycles. The van der Waals surface area contributed by atoms with E-state index in [1.807, 2.05) is 0 Å². The van der Waals surface area contributed by atoms with E-state index in [0.717, 1.165) is 43.6 Å². The molecule has 2 unspecified atom stereocenters. The Kier molecular flexibility index (Phi) is 2.96. The molecule has 1 N–H and O–H groups in total. The molecule has 5 saturated carbocycles. The molecule has 4 bridgehead atoms. The second-order valence-corrected chi connectivity index (χ2v) is 9.04. The Morgan fingerprint density at radius 3 is 2.39 bits per heavy atom. The molecule has 4 atom stereocenters. The van der Waals surface area contributed by atoms with Crippen LogP contribution >= 0.6 is 0 Å². The monoisotopic (exact) mass is 309 g/mol. The van der Waals surface area contributed by atoms with Gasteiger partial charge in [-0.3, -0.25) is 4.79 Å². The summed E-state index contributed by atoms with van der Waals surface area (Å²) in [4.78, 5) is 13.1. The molecule has 122 valence electrons. The molecular weight excluding hydrogens is 282 g/mol. The lowest BCUT2D eigenvalue weighted by Crippen LogP contribution is -2.59. The van der Waals surface area contributed by atoms with Gasteiger partial charge < -0.3 is 5.32 Å². The van der Waals surface area contributed by atoms with Crippen LogP contribution in [0.3, 0.4) is 0 Å². The largest absolute Gasteiger partial charge is 0.355 e. The highest BCUT2D eigenvalue weighted by Crippen LogP contribution is 2.65. The van der Waals surface area contributed by atoms with E-state index in [0.29, 0.717) is 5.91 Å². The first-order chi connectivity index (χ1) is 11.2. The van der Waals surface area contributed by atoms with Gasteiger partial charge >= 0.3 is 0 Å². The van der Waals surface area contributed by atoms with Gasteiger partial charge in [0.1, 0.15) is 0 Å². The summed E-state index contributed by atoms with van der Waals surface area (Å²) in [6.45, 7) is 0.925. The zero-order valence-electron chi connectivity index (χ0n) is 13.9. The van der Waals surface area contributed by atoms with Crippen LogP contribution in [0.1, 0.15) is 56.9 Å². The molecule has 2 heteroatoms. The first kappa shape index (κ1) is 14.1. The fraction of sp³-hybridized carbons (Fsp3) is 0.667. The van der Waals surface area contributed by atoms with Crippen molar-refractivity contribution in [2.24, 2.45) is 23.2 Å². The number of hydrogen-bond donors (Lipinski definition) is 1. The number of hydrogen-bond acceptors (Lipinski definition) is 1. The van der Waals surface area contributed by atoms with Crippen LogP contribution in [-0.2, 0) is 10.2 Å². The van der Waals surface area contributed by atoms with Gasteiger partial charge in [-0.1, -0.05) is 30.3 Å². The average molecular weight is 309 g/mol. The fourth-order valence-electron chi connectivity index (χ4n) is 6.40. The second kappa shape index (κ2) is 4.84. The average Bonchev–Trinajstić information content (AvgIpc) is 3.36. The van der Waals surface area contributed by atoms with Crippen molar-refractivity contribution >= 4 is 5.91 Å². The lowest BCUT2D eigenvalue weighted by Gasteiger charge is -2.61.